The summed E-state index contributed by atoms with van der Waals surface area (Å²) in [6.07, 6.45) is 3.30. The molecule has 0 unspecified atom stereocenters. The van der Waals surface area contributed by atoms with Crippen LogP contribution in [0.2, 0.25) is 0 Å². The maximum Gasteiger partial charge on any atom is 0.409 e. The van der Waals surface area contributed by atoms with E-state index in [1.807, 2.05) is 12.1 Å². The Bertz CT molecular complexity index is 531. The van der Waals surface area contributed by atoms with Crippen molar-refractivity contribution in [3.05, 3.63) is 24.2 Å². The molecule has 0 aromatic carbocycles. The number of hydrogen-bond donors (Lipinski definition) is 1. The highest BCUT2D eigenvalue weighted by atomic mass is 16.6. The van der Waals surface area contributed by atoms with Gasteiger partial charge < -0.3 is 19.4 Å². The summed E-state index contributed by atoms with van der Waals surface area (Å²) in [6.45, 7) is 4.51. The van der Waals surface area contributed by atoms with E-state index < -0.39 is 0 Å². The molecule has 0 radical (unpaired) electrons. The van der Waals surface area contributed by atoms with Crippen LogP contribution in [0.4, 0.5) is 4.79 Å². The Balaban J connectivity index is 1.40. The molecule has 0 spiro atoms. The van der Waals surface area contributed by atoms with Gasteiger partial charge in [0.15, 0.2) is 0 Å². The van der Waals surface area contributed by atoms with Gasteiger partial charge >= 0.3 is 6.09 Å². The van der Waals surface area contributed by atoms with E-state index in [0.29, 0.717) is 26.2 Å². The Hall–Kier alpha value is -2.02. The first-order valence-electron chi connectivity index (χ1n) is 8.16. The van der Waals surface area contributed by atoms with Crippen molar-refractivity contribution in [1.29, 1.82) is 0 Å². The monoisotopic (exact) mass is 321 g/mol. The van der Waals surface area contributed by atoms with Crippen molar-refractivity contribution in [1.82, 2.24) is 15.1 Å². The van der Waals surface area contributed by atoms with Gasteiger partial charge in [0.25, 0.3) is 0 Å². The Morgan fingerprint density at radius 2 is 2.30 bits per heavy atom. The maximum atomic E-state index is 12.3. The Labute approximate surface area is 135 Å². The molecule has 2 aliphatic rings. The zero-order valence-corrected chi connectivity index (χ0v) is 13.2. The number of nitrogens with zero attached hydrogens (tertiary/aromatic N) is 2. The first-order chi connectivity index (χ1) is 11.2. The third-order valence-corrected chi connectivity index (χ3v) is 4.36. The molecule has 1 atom stereocenters. The van der Waals surface area contributed by atoms with Gasteiger partial charge in [0, 0.05) is 19.6 Å². The molecule has 2 aliphatic heterocycles. The van der Waals surface area contributed by atoms with Crippen LogP contribution >= 0.6 is 0 Å². The average molecular weight is 321 g/mol. The normalized spacial score (nSPS) is 22.2. The van der Waals surface area contributed by atoms with Gasteiger partial charge in [-0.05, 0) is 31.5 Å². The summed E-state index contributed by atoms with van der Waals surface area (Å²) in [4.78, 5) is 27.5. The van der Waals surface area contributed by atoms with Crippen LogP contribution in [0, 0.1) is 5.92 Å². The van der Waals surface area contributed by atoms with Gasteiger partial charge in [-0.15, -0.1) is 0 Å². The summed E-state index contributed by atoms with van der Waals surface area (Å²) in [5, 5.41) is 2.94. The highest BCUT2D eigenvalue weighted by Gasteiger charge is 2.27. The number of carbonyl (C=O) groups is 2. The van der Waals surface area contributed by atoms with Crippen molar-refractivity contribution >= 4 is 12.0 Å². The van der Waals surface area contributed by atoms with Gasteiger partial charge in [0.2, 0.25) is 5.91 Å². The quantitative estimate of drug-likeness (QED) is 0.848. The van der Waals surface area contributed by atoms with Crippen molar-refractivity contribution in [3.63, 3.8) is 0 Å². The van der Waals surface area contributed by atoms with Crippen molar-refractivity contribution in [2.24, 2.45) is 5.92 Å². The standard InChI is InChI=1S/C16H23N3O4/c20-15(17-5-7-19-8-10-23-16(19)21)13-3-1-6-18(11-13)12-14-4-2-9-22-14/h2,4,9,13H,1,3,5-8,10-12H2,(H,17,20)/t13-/m0/s1. The number of nitrogens with one attached hydrogen (secondary N) is 1. The highest BCUT2D eigenvalue weighted by Crippen LogP contribution is 2.19. The van der Waals surface area contributed by atoms with Crippen LogP contribution in [-0.4, -0.2) is 61.1 Å². The van der Waals surface area contributed by atoms with Gasteiger partial charge in [-0.1, -0.05) is 0 Å². The van der Waals surface area contributed by atoms with E-state index in [1.165, 1.54) is 0 Å². The Morgan fingerprint density at radius 1 is 1.39 bits per heavy atom. The number of ether oxygens (including phenoxy) is 1. The van der Waals surface area contributed by atoms with Crippen molar-refractivity contribution in [2.45, 2.75) is 19.4 Å². The fraction of sp³-hybridized carbons (Fsp3) is 0.625. The number of likely N-dealkylation sites (tertiary alicyclic amines) is 1. The predicted octanol–water partition coefficient (Wildman–Crippen LogP) is 1.06. The summed E-state index contributed by atoms with van der Waals surface area (Å²) >= 11 is 0. The largest absolute Gasteiger partial charge is 0.468 e. The molecule has 2 saturated heterocycles. The van der Waals surface area contributed by atoms with E-state index in [0.717, 1.165) is 38.2 Å². The first-order valence-corrected chi connectivity index (χ1v) is 8.16. The molecule has 1 N–H and O–H groups in total. The lowest BCUT2D eigenvalue weighted by Gasteiger charge is -2.31. The molecule has 126 valence electrons. The van der Waals surface area contributed by atoms with E-state index in [9.17, 15) is 9.59 Å². The summed E-state index contributed by atoms with van der Waals surface area (Å²) in [6, 6.07) is 3.84. The topological polar surface area (TPSA) is 75.0 Å². The number of amides is 2. The van der Waals surface area contributed by atoms with Crippen LogP contribution in [-0.2, 0) is 16.1 Å². The molecular weight excluding hydrogens is 298 g/mol. The molecule has 7 nitrogen and oxygen atoms in total. The summed E-state index contributed by atoms with van der Waals surface area (Å²) in [5.41, 5.74) is 0. The second-order valence-electron chi connectivity index (χ2n) is 6.05. The molecule has 23 heavy (non-hydrogen) atoms. The van der Waals surface area contributed by atoms with E-state index in [4.69, 9.17) is 9.15 Å². The van der Waals surface area contributed by atoms with Gasteiger partial charge in [-0.2, -0.15) is 0 Å². The molecule has 1 aromatic rings. The van der Waals surface area contributed by atoms with Crippen molar-refractivity contribution < 1.29 is 18.7 Å². The molecule has 2 fully saturated rings. The van der Waals surface area contributed by atoms with E-state index >= 15 is 0 Å². The Kier molecular flexibility index (Phi) is 5.17. The van der Waals surface area contributed by atoms with E-state index in [-0.39, 0.29) is 17.9 Å². The number of rotatable bonds is 6. The first kappa shape index (κ1) is 15.9. The lowest BCUT2D eigenvalue weighted by Crippen LogP contribution is -2.44. The lowest BCUT2D eigenvalue weighted by molar-refractivity contribution is -0.126. The van der Waals surface area contributed by atoms with Crippen LogP contribution in [0.1, 0.15) is 18.6 Å². The molecule has 7 heteroatoms. The SMILES string of the molecule is O=C(NCCN1CCOC1=O)[C@H]1CCCN(Cc2ccco2)C1. The third kappa shape index (κ3) is 4.25. The minimum absolute atomic E-state index is 0.00393. The van der Waals surface area contributed by atoms with Gasteiger partial charge in [-0.25, -0.2) is 4.79 Å². The summed E-state index contributed by atoms with van der Waals surface area (Å²) in [5.74, 6) is 1.00. The second-order valence-corrected chi connectivity index (χ2v) is 6.05. The molecule has 0 bridgehead atoms. The van der Waals surface area contributed by atoms with Crippen molar-refractivity contribution in [3.8, 4) is 0 Å². The van der Waals surface area contributed by atoms with Crippen LogP contribution < -0.4 is 5.32 Å². The third-order valence-electron chi connectivity index (χ3n) is 4.36. The number of cyclic esters (lactones) is 1. The molecule has 3 heterocycles. The summed E-state index contributed by atoms with van der Waals surface area (Å²) in [7, 11) is 0. The molecule has 3 rings (SSSR count). The van der Waals surface area contributed by atoms with Crippen molar-refractivity contribution in [2.75, 3.05) is 39.3 Å². The second kappa shape index (κ2) is 7.50. The number of furan rings is 1. The summed E-state index contributed by atoms with van der Waals surface area (Å²) < 4.78 is 10.2. The van der Waals surface area contributed by atoms with Crippen LogP contribution in [0.5, 0.6) is 0 Å². The van der Waals surface area contributed by atoms with Gasteiger partial charge in [0.05, 0.1) is 25.3 Å². The van der Waals surface area contributed by atoms with E-state index in [1.54, 1.807) is 11.2 Å². The lowest BCUT2D eigenvalue weighted by atomic mass is 9.97. The maximum absolute atomic E-state index is 12.3. The van der Waals surface area contributed by atoms with E-state index in [2.05, 4.69) is 10.2 Å². The minimum Gasteiger partial charge on any atom is -0.468 e. The zero-order chi connectivity index (χ0) is 16.1. The smallest absolute Gasteiger partial charge is 0.409 e. The molecule has 1 aromatic heterocycles. The fourth-order valence-corrected chi connectivity index (χ4v) is 3.12. The number of hydrogen-bond acceptors (Lipinski definition) is 5. The molecular formula is C16H23N3O4. The highest BCUT2D eigenvalue weighted by molar-refractivity contribution is 5.79. The zero-order valence-electron chi connectivity index (χ0n) is 13.2. The molecule has 0 aliphatic carbocycles. The van der Waals surface area contributed by atoms with Gasteiger partial charge in [-0.3, -0.25) is 9.69 Å². The van der Waals surface area contributed by atoms with Gasteiger partial charge in [0.1, 0.15) is 12.4 Å². The van der Waals surface area contributed by atoms with Crippen LogP contribution in [0.3, 0.4) is 0 Å². The number of carbonyl (C=O) groups excluding carboxylic acids is 2. The molecule has 2 amide bonds. The Morgan fingerprint density at radius 3 is 3.04 bits per heavy atom. The fourth-order valence-electron chi connectivity index (χ4n) is 3.12. The predicted molar refractivity (Wildman–Crippen MR) is 82.6 cm³/mol. The van der Waals surface area contributed by atoms with Crippen LogP contribution in [0.25, 0.3) is 0 Å². The minimum atomic E-state index is -0.290. The molecule has 0 saturated carbocycles. The average Bonchev–Trinajstić information content (AvgIpc) is 3.20. The van der Waals surface area contributed by atoms with Crippen LogP contribution in [0.15, 0.2) is 22.8 Å². The number of piperidine rings is 1.